The average Bonchev–Trinajstić information content (AvgIpc) is 2.38. The molecule has 0 saturated heterocycles. The van der Waals surface area contributed by atoms with Crippen LogP contribution < -0.4 is 11.1 Å². The summed E-state index contributed by atoms with van der Waals surface area (Å²) in [7, 11) is 0. The van der Waals surface area contributed by atoms with Crippen LogP contribution in [0.1, 0.15) is 57.1 Å². The molecule has 2 heteroatoms. The second kappa shape index (κ2) is 5.65. The van der Waals surface area contributed by atoms with Crippen LogP contribution in [0.4, 0.5) is 0 Å². The zero-order valence-corrected chi connectivity index (χ0v) is 10.8. The summed E-state index contributed by atoms with van der Waals surface area (Å²) in [5.74, 6) is 0. The topological polar surface area (TPSA) is 38.0 Å². The molecule has 1 aromatic carbocycles. The van der Waals surface area contributed by atoms with Crippen LogP contribution >= 0.6 is 0 Å². The van der Waals surface area contributed by atoms with Crippen molar-refractivity contribution in [1.29, 1.82) is 0 Å². The van der Waals surface area contributed by atoms with Crippen molar-refractivity contribution < 1.29 is 0 Å². The van der Waals surface area contributed by atoms with Gasteiger partial charge in [-0.05, 0) is 24.8 Å². The highest BCUT2D eigenvalue weighted by atomic mass is 15.1. The number of nitrogens with one attached hydrogen (secondary N) is 1. The van der Waals surface area contributed by atoms with Gasteiger partial charge in [0.25, 0.3) is 0 Å². The third kappa shape index (κ3) is 3.30. The lowest BCUT2D eigenvalue weighted by molar-refractivity contribution is 0.211. The second-order valence-corrected chi connectivity index (χ2v) is 5.23. The minimum Gasteiger partial charge on any atom is -0.313 e. The standard InChI is InChI=1S/C15H24N2/c1-2-14(13-9-5-3-6-10-13)17-15(16)11-7-4-8-12-15/h3,5-6,9-10,14,17H,2,4,7-8,11-12,16H2,1H3. The van der Waals surface area contributed by atoms with E-state index in [1.165, 1.54) is 24.8 Å². The Balaban J connectivity index is 2.04. The first-order chi connectivity index (χ1) is 8.23. The van der Waals surface area contributed by atoms with Crippen molar-refractivity contribution in [3.05, 3.63) is 35.9 Å². The molecule has 3 N–H and O–H groups in total. The zero-order chi connectivity index (χ0) is 12.1. The van der Waals surface area contributed by atoms with E-state index >= 15 is 0 Å². The Hall–Kier alpha value is -0.860. The van der Waals surface area contributed by atoms with Gasteiger partial charge >= 0.3 is 0 Å². The third-order valence-corrected chi connectivity index (χ3v) is 3.82. The Morgan fingerprint density at radius 2 is 1.82 bits per heavy atom. The van der Waals surface area contributed by atoms with E-state index in [1.807, 2.05) is 0 Å². The molecular weight excluding hydrogens is 208 g/mol. The van der Waals surface area contributed by atoms with Gasteiger partial charge in [0.05, 0.1) is 5.66 Å². The van der Waals surface area contributed by atoms with Crippen LogP contribution in [-0.2, 0) is 0 Å². The van der Waals surface area contributed by atoms with Crippen molar-refractivity contribution in [3.63, 3.8) is 0 Å². The smallest absolute Gasteiger partial charge is 0.0666 e. The van der Waals surface area contributed by atoms with E-state index < -0.39 is 0 Å². The van der Waals surface area contributed by atoms with E-state index in [2.05, 4.69) is 42.6 Å². The summed E-state index contributed by atoms with van der Waals surface area (Å²) in [4.78, 5) is 0. The van der Waals surface area contributed by atoms with Gasteiger partial charge in [0.2, 0.25) is 0 Å². The Kier molecular flexibility index (Phi) is 4.19. The van der Waals surface area contributed by atoms with Crippen LogP contribution in [-0.4, -0.2) is 5.66 Å². The van der Waals surface area contributed by atoms with Gasteiger partial charge in [-0.25, -0.2) is 0 Å². The van der Waals surface area contributed by atoms with Gasteiger partial charge in [0.1, 0.15) is 0 Å². The molecule has 0 bridgehead atoms. The van der Waals surface area contributed by atoms with Gasteiger partial charge in [0.15, 0.2) is 0 Å². The predicted octanol–water partition coefficient (Wildman–Crippen LogP) is 3.35. The zero-order valence-electron chi connectivity index (χ0n) is 10.8. The second-order valence-electron chi connectivity index (χ2n) is 5.23. The van der Waals surface area contributed by atoms with Crippen molar-refractivity contribution in [2.24, 2.45) is 5.73 Å². The minimum absolute atomic E-state index is 0.144. The Bertz CT molecular complexity index is 328. The molecule has 0 radical (unpaired) electrons. The van der Waals surface area contributed by atoms with Gasteiger partial charge in [-0.1, -0.05) is 56.5 Å². The number of benzene rings is 1. The lowest BCUT2D eigenvalue weighted by Crippen LogP contribution is -2.55. The predicted molar refractivity (Wildman–Crippen MR) is 72.6 cm³/mol. The number of hydrogen-bond donors (Lipinski definition) is 2. The van der Waals surface area contributed by atoms with Gasteiger partial charge in [-0.2, -0.15) is 0 Å². The molecule has 1 fully saturated rings. The highest BCUT2D eigenvalue weighted by Gasteiger charge is 2.29. The first-order valence-electron chi connectivity index (χ1n) is 6.85. The minimum atomic E-state index is -0.144. The molecule has 1 saturated carbocycles. The monoisotopic (exact) mass is 232 g/mol. The van der Waals surface area contributed by atoms with Crippen LogP contribution in [0.3, 0.4) is 0 Å². The summed E-state index contributed by atoms with van der Waals surface area (Å²) in [6, 6.07) is 11.0. The largest absolute Gasteiger partial charge is 0.313 e. The molecule has 0 spiro atoms. The molecule has 1 atom stereocenters. The van der Waals surface area contributed by atoms with E-state index in [9.17, 15) is 0 Å². The van der Waals surface area contributed by atoms with Crippen molar-refractivity contribution in [1.82, 2.24) is 5.32 Å². The number of hydrogen-bond acceptors (Lipinski definition) is 2. The maximum Gasteiger partial charge on any atom is 0.0666 e. The van der Waals surface area contributed by atoms with E-state index in [-0.39, 0.29) is 5.66 Å². The molecule has 1 aromatic rings. The van der Waals surface area contributed by atoms with Crippen molar-refractivity contribution in [3.8, 4) is 0 Å². The fraction of sp³-hybridized carbons (Fsp3) is 0.600. The molecule has 17 heavy (non-hydrogen) atoms. The SMILES string of the molecule is CCC(NC1(N)CCCCC1)c1ccccc1. The summed E-state index contributed by atoms with van der Waals surface area (Å²) in [6.07, 6.45) is 7.15. The Labute approximate surface area is 105 Å². The lowest BCUT2D eigenvalue weighted by Gasteiger charge is -2.38. The molecular formula is C15H24N2. The van der Waals surface area contributed by atoms with Gasteiger partial charge in [-0.3, -0.25) is 5.32 Å². The summed E-state index contributed by atoms with van der Waals surface area (Å²) < 4.78 is 0. The lowest BCUT2D eigenvalue weighted by atomic mass is 9.88. The summed E-state index contributed by atoms with van der Waals surface area (Å²) in [5, 5.41) is 3.68. The first-order valence-corrected chi connectivity index (χ1v) is 6.85. The molecule has 1 unspecified atom stereocenters. The number of rotatable bonds is 4. The molecule has 0 amide bonds. The first kappa shape index (κ1) is 12.6. The van der Waals surface area contributed by atoms with Crippen molar-refractivity contribution in [2.75, 3.05) is 0 Å². The van der Waals surface area contributed by atoms with Crippen LogP contribution in [0.5, 0.6) is 0 Å². The Morgan fingerprint density at radius 1 is 1.18 bits per heavy atom. The molecule has 0 aromatic heterocycles. The van der Waals surface area contributed by atoms with E-state index in [0.29, 0.717) is 6.04 Å². The normalized spacial score (nSPS) is 21.1. The fourth-order valence-electron chi connectivity index (χ4n) is 2.78. The maximum atomic E-state index is 6.46. The van der Waals surface area contributed by atoms with Crippen molar-refractivity contribution in [2.45, 2.75) is 57.2 Å². The van der Waals surface area contributed by atoms with Crippen LogP contribution in [0.15, 0.2) is 30.3 Å². The van der Waals surface area contributed by atoms with E-state index in [4.69, 9.17) is 5.73 Å². The fourth-order valence-corrected chi connectivity index (χ4v) is 2.78. The molecule has 0 heterocycles. The molecule has 2 rings (SSSR count). The summed E-state index contributed by atoms with van der Waals surface area (Å²) >= 11 is 0. The van der Waals surface area contributed by atoms with Crippen LogP contribution in [0.2, 0.25) is 0 Å². The van der Waals surface area contributed by atoms with E-state index in [0.717, 1.165) is 19.3 Å². The van der Waals surface area contributed by atoms with Crippen LogP contribution in [0, 0.1) is 0 Å². The summed E-state index contributed by atoms with van der Waals surface area (Å²) in [5.41, 5.74) is 7.67. The molecule has 0 aliphatic heterocycles. The summed E-state index contributed by atoms with van der Waals surface area (Å²) in [6.45, 7) is 2.22. The highest BCUT2D eigenvalue weighted by molar-refractivity contribution is 5.19. The van der Waals surface area contributed by atoms with E-state index in [1.54, 1.807) is 0 Å². The van der Waals surface area contributed by atoms with Gasteiger partial charge in [0, 0.05) is 6.04 Å². The molecule has 1 aliphatic carbocycles. The highest BCUT2D eigenvalue weighted by Crippen LogP contribution is 2.27. The number of nitrogens with two attached hydrogens (primary N) is 1. The van der Waals surface area contributed by atoms with Crippen LogP contribution in [0.25, 0.3) is 0 Å². The molecule has 2 nitrogen and oxygen atoms in total. The Morgan fingerprint density at radius 3 is 2.41 bits per heavy atom. The molecule has 1 aliphatic rings. The molecule has 94 valence electrons. The third-order valence-electron chi connectivity index (χ3n) is 3.82. The quantitative estimate of drug-likeness (QED) is 0.781. The maximum absolute atomic E-state index is 6.46. The average molecular weight is 232 g/mol. The van der Waals surface area contributed by atoms with Gasteiger partial charge < -0.3 is 5.73 Å². The van der Waals surface area contributed by atoms with Gasteiger partial charge in [-0.15, -0.1) is 0 Å². The van der Waals surface area contributed by atoms with Crippen molar-refractivity contribution >= 4 is 0 Å².